The lowest BCUT2D eigenvalue weighted by Crippen LogP contribution is -2.17. The van der Waals surface area contributed by atoms with Crippen LogP contribution in [0.1, 0.15) is 21.5 Å². The van der Waals surface area contributed by atoms with Crippen molar-refractivity contribution in [1.82, 2.24) is 5.32 Å². The van der Waals surface area contributed by atoms with Gasteiger partial charge in [0.25, 0.3) is 11.1 Å². The number of benzene rings is 2. The third kappa shape index (κ3) is 5.00. The van der Waals surface area contributed by atoms with Gasteiger partial charge in [-0.1, -0.05) is 6.07 Å². The number of carbonyl (C=O) groups excluding carboxylic acids is 3. The van der Waals surface area contributed by atoms with Gasteiger partial charge in [0.1, 0.15) is 11.3 Å². The molecule has 1 heterocycles. The van der Waals surface area contributed by atoms with Gasteiger partial charge >= 0.3 is 12.1 Å². The Kier molecular flexibility index (Phi) is 6.25. The summed E-state index contributed by atoms with van der Waals surface area (Å²) in [5.74, 6) is -1.41. The van der Waals surface area contributed by atoms with Crippen molar-refractivity contribution in [1.29, 1.82) is 0 Å². The highest BCUT2D eigenvalue weighted by Gasteiger charge is 2.32. The first-order chi connectivity index (χ1) is 14.6. The van der Waals surface area contributed by atoms with Gasteiger partial charge in [0, 0.05) is 0 Å². The fraction of sp³-hybridized carbons (Fsp3) is 0.150. The van der Waals surface area contributed by atoms with E-state index < -0.39 is 34.4 Å². The number of rotatable bonds is 5. The summed E-state index contributed by atoms with van der Waals surface area (Å²) in [5, 5.41) is 1.65. The Bertz CT molecular complexity index is 1100. The molecule has 1 fully saturated rings. The molecule has 2 aromatic carbocycles. The average molecular weight is 453 g/mol. The largest absolute Gasteiger partial charge is 0.493 e. The number of amides is 2. The molecule has 1 N–H and O–H groups in total. The van der Waals surface area contributed by atoms with E-state index in [0.29, 0.717) is 11.6 Å². The van der Waals surface area contributed by atoms with Crippen molar-refractivity contribution in [2.75, 3.05) is 14.2 Å². The van der Waals surface area contributed by atoms with Gasteiger partial charge in [-0.15, -0.1) is 0 Å². The molecule has 7 nitrogen and oxygen atoms in total. The van der Waals surface area contributed by atoms with Gasteiger partial charge < -0.3 is 14.2 Å². The molecule has 1 aliphatic heterocycles. The van der Waals surface area contributed by atoms with E-state index >= 15 is 0 Å². The zero-order chi connectivity index (χ0) is 22.8. The van der Waals surface area contributed by atoms with E-state index in [-0.39, 0.29) is 22.2 Å². The summed E-state index contributed by atoms with van der Waals surface area (Å²) in [5.41, 5.74) is -0.934. The van der Waals surface area contributed by atoms with Gasteiger partial charge in [0.15, 0.2) is 11.5 Å². The third-order valence-electron chi connectivity index (χ3n) is 4.06. The van der Waals surface area contributed by atoms with Crippen LogP contribution in [0.4, 0.5) is 18.0 Å². The normalized spacial score (nSPS) is 15.1. The van der Waals surface area contributed by atoms with E-state index in [1.165, 1.54) is 25.3 Å². The number of halogens is 3. The molecule has 0 aliphatic carbocycles. The van der Waals surface area contributed by atoms with Crippen LogP contribution in [0.3, 0.4) is 0 Å². The molecule has 162 valence electrons. The van der Waals surface area contributed by atoms with Crippen LogP contribution in [-0.2, 0) is 15.7 Å². The van der Waals surface area contributed by atoms with Crippen LogP contribution in [0, 0.1) is 0 Å². The van der Waals surface area contributed by atoms with Crippen LogP contribution in [0.5, 0.6) is 17.2 Å². The summed E-state index contributed by atoms with van der Waals surface area (Å²) in [6, 6.07) is 6.92. The first-order valence-corrected chi connectivity index (χ1v) is 9.34. The number of methoxy groups -OCH3 is 2. The molecule has 0 atom stereocenters. The van der Waals surface area contributed by atoms with Gasteiger partial charge in [-0.05, 0) is 53.7 Å². The maximum absolute atomic E-state index is 13.0. The number of alkyl halides is 3. The molecule has 1 aliphatic rings. The predicted octanol–water partition coefficient (Wildman–Crippen LogP) is 4.62. The Labute approximate surface area is 178 Å². The van der Waals surface area contributed by atoms with Crippen LogP contribution in [0.15, 0.2) is 41.3 Å². The molecule has 2 aromatic rings. The molecule has 31 heavy (non-hydrogen) atoms. The van der Waals surface area contributed by atoms with Crippen LogP contribution < -0.4 is 14.8 Å². The van der Waals surface area contributed by atoms with Crippen molar-refractivity contribution in [3.8, 4) is 17.2 Å². The molecular formula is C20H14F3NO6S. The van der Waals surface area contributed by atoms with Crippen LogP contribution >= 0.6 is 11.8 Å². The first-order valence-electron chi connectivity index (χ1n) is 8.52. The second-order valence-electron chi connectivity index (χ2n) is 6.06. The number of imide groups is 1. The Morgan fingerprint density at radius 1 is 1.03 bits per heavy atom. The van der Waals surface area contributed by atoms with E-state index in [1.54, 1.807) is 6.07 Å². The number of nitrogens with one attached hydrogen (secondary N) is 1. The average Bonchev–Trinajstić information content (AvgIpc) is 3.04. The number of hydrogen-bond donors (Lipinski definition) is 1. The summed E-state index contributed by atoms with van der Waals surface area (Å²) in [7, 11) is 2.38. The zero-order valence-electron chi connectivity index (χ0n) is 16.0. The maximum Gasteiger partial charge on any atom is 0.416 e. The quantitative estimate of drug-likeness (QED) is 0.522. The van der Waals surface area contributed by atoms with Crippen LogP contribution in [0.25, 0.3) is 6.08 Å². The summed E-state index contributed by atoms with van der Waals surface area (Å²) in [4.78, 5) is 35.1. The van der Waals surface area contributed by atoms with Gasteiger partial charge in [-0.25, -0.2) is 4.79 Å². The highest BCUT2D eigenvalue weighted by atomic mass is 32.2. The summed E-state index contributed by atoms with van der Waals surface area (Å²) < 4.78 is 54.5. The first kappa shape index (κ1) is 22.2. The standard InChI is InChI=1S/C20H14F3NO6S/c1-28-15-7-10(8-16-17(25)24-19(27)31-16)3-5-14(15)30-13-6-4-11(20(21,22)23)9-12(13)18(26)29-2/h3-9H,1-2H3,(H,24,25,27)/b16-8-. The van der Waals surface area contributed by atoms with Gasteiger partial charge in [0.05, 0.1) is 24.7 Å². The van der Waals surface area contributed by atoms with Crippen molar-refractivity contribution >= 4 is 35.0 Å². The minimum absolute atomic E-state index is 0.106. The number of thioether (sulfide) groups is 1. The highest BCUT2D eigenvalue weighted by Crippen LogP contribution is 2.38. The van der Waals surface area contributed by atoms with Gasteiger partial charge in [-0.2, -0.15) is 13.2 Å². The van der Waals surface area contributed by atoms with E-state index in [2.05, 4.69) is 10.1 Å². The van der Waals surface area contributed by atoms with Gasteiger partial charge in [0.2, 0.25) is 0 Å². The smallest absolute Gasteiger partial charge is 0.416 e. The molecular weight excluding hydrogens is 439 g/mol. The van der Waals surface area contributed by atoms with Crippen molar-refractivity contribution in [3.05, 3.63) is 58.0 Å². The molecule has 0 saturated carbocycles. The van der Waals surface area contributed by atoms with Crippen LogP contribution in [0.2, 0.25) is 0 Å². The molecule has 0 radical (unpaired) electrons. The molecule has 0 unspecified atom stereocenters. The maximum atomic E-state index is 13.0. The number of carbonyl (C=O) groups is 3. The lowest BCUT2D eigenvalue weighted by molar-refractivity contribution is -0.137. The lowest BCUT2D eigenvalue weighted by Gasteiger charge is -2.15. The topological polar surface area (TPSA) is 90.9 Å². The van der Waals surface area contributed by atoms with Crippen molar-refractivity contribution in [2.45, 2.75) is 6.18 Å². The SMILES string of the molecule is COC(=O)c1cc(C(F)(F)F)ccc1Oc1ccc(/C=C2\SC(=O)NC2=O)cc1OC. The molecule has 3 rings (SSSR count). The number of hydrogen-bond acceptors (Lipinski definition) is 7. The van der Waals surface area contributed by atoms with Gasteiger partial charge in [-0.3, -0.25) is 14.9 Å². The third-order valence-corrected chi connectivity index (χ3v) is 4.87. The molecule has 11 heteroatoms. The Balaban J connectivity index is 1.95. The summed E-state index contributed by atoms with van der Waals surface area (Å²) in [6.45, 7) is 0. The predicted molar refractivity (Wildman–Crippen MR) is 105 cm³/mol. The fourth-order valence-corrected chi connectivity index (χ4v) is 3.30. The lowest BCUT2D eigenvalue weighted by atomic mass is 10.1. The minimum atomic E-state index is -4.65. The van der Waals surface area contributed by atoms with Crippen molar-refractivity contribution in [3.63, 3.8) is 0 Å². The Morgan fingerprint density at radius 3 is 2.32 bits per heavy atom. The summed E-state index contributed by atoms with van der Waals surface area (Å²) in [6.07, 6.45) is -3.19. The Morgan fingerprint density at radius 2 is 1.74 bits per heavy atom. The monoisotopic (exact) mass is 453 g/mol. The minimum Gasteiger partial charge on any atom is -0.493 e. The van der Waals surface area contributed by atoms with E-state index in [1.807, 2.05) is 0 Å². The highest BCUT2D eigenvalue weighted by molar-refractivity contribution is 8.18. The molecule has 1 saturated heterocycles. The summed E-state index contributed by atoms with van der Waals surface area (Å²) >= 11 is 0.746. The Hall–Kier alpha value is -3.47. The van der Waals surface area contributed by atoms with Crippen molar-refractivity contribution < 1.29 is 41.8 Å². The van der Waals surface area contributed by atoms with Crippen LogP contribution in [-0.4, -0.2) is 31.3 Å². The molecule has 0 spiro atoms. The zero-order valence-corrected chi connectivity index (χ0v) is 16.8. The fourth-order valence-electron chi connectivity index (χ4n) is 2.61. The number of ether oxygens (including phenoxy) is 3. The second kappa shape index (κ2) is 8.72. The molecule has 0 aromatic heterocycles. The van der Waals surface area contributed by atoms with E-state index in [4.69, 9.17) is 9.47 Å². The second-order valence-corrected chi connectivity index (χ2v) is 7.08. The molecule has 2 amide bonds. The van der Waals surface area contributed by atoms with E-state index in [0.717, 1.165) is 31.0 Å². The van der Waals surface area contributed by atoms with E-state index in [9.17, 15) is 27.6 Å². The van der Waals surface area contributed by atoms with Crippen molar-refractivity contribution in [2.24, 2.45) is 0 Å². The number of esters is 1. The molecule has 0 bridgehead atoms.